The largest absolute Gasteiger partial charge is 0.505 e. The van der Waals surface area contributed by atoms with E-state index in [1.807, 2.05) is 42.5 Å². The van der Waals surface area contributed by atoms with Crippen molar-refractivity contribution in [3.63, 3.8) is 0 Å². The van der Waals surface area contributed by atoms with Crippen molar-refractivity contribution in [1.29, 1.82) is 0 Å². The number of phenolic OH excluding ortho intramolecular Hbond substituents is 2. The highest BCUT2D eigenvalue weighted by atomic mass is 16.3. The Morgan fingerprint density at radius 1 is 0.970 bits per heavy atom. The molecule has 3 aromatic carbocycles. The molecule has 2 N–H and O–H groups in total. The van der Waals surface area contributed by atoms with Gasteiger partial charge in [0.05, 0.1) is 17.5 Å². The molecule has 0 fully saturated rings. The summed E-state index contributed by atoms with van der Waals surface area (Å²) in [5.74, 6) is -1.93. The van der Waals surface area contributed by atoms with Gasteiger partial charge in [0.1, 0.15) is 11.0 Å². The van der Waals surface area contributed by atoms with Gasteiger partial charge in [-0.1, -0.05) is 67.3 Å². The summed E-state index contributed by atoms with van der Waals surface area (Å²) in [6.45, 7) is 4.08. The predicted octanol–water partition coefficient (Wildman–Crippen LogP) is 5.09. The molecular weight excluding hydrogens is 416 g/mol. The SMILES string of the molecule is C=C1/C=C\C=C/CC(=O)c2c(c(O)c3ncn(Cc4ccc5ccccc5c4)c3c2O)C1=O. The van der Waals surface area contributed by atoms with E-state index in [9.17, 15) is 19.8 Å². The standard InChI is InChI=1S/C27H20N2O4/c1-16-7-3-2-4-10-20(30)21-22(25(16)31)26(32)23-24(27(21)33)29(15-28-23)14-17-11-12-18-8-5-6-9-19(18)13-17/h2-9,11-13,15,32-33H,1,10,14H2/b4-2-,7-3-. The summed E-state index contributed by atoms with van der Waals surface area (Å²) in [4.78, 5) is 30.2. The molecule has 1 heterocycles. The average Bonchev–Trinajstić information content (AvgIpc) is 3.24. The Labute approximate surface area is 189 Å². The number of ketones is 2. The molecule has 5 rings (SSSR count). The van der Waals surface area contributed by atoms with E-state index in [0.29, 0.717) is 6.54 Å². The molecule has 0 bridgehead atoms. The number of carbonyl (C=O) groups is 2. The number of imidazole rings is 1. The van der Waals surface area contributed by atoms with Crippen molar-refractivity contribution in [3.8, 4) is 11.5 Å². The first-order valence-electron chi connectivity index (χ1n) is 10.5. The Balaban J connectivity index is 1.70. The van der Waals surface area contributed by atoms with Gasteiger partial charge < -0.3 is 14.8 Å². The van der Waals surface area contributed by atoms with Gasteiger partial charge in [-0.15, -0.1) is 0 Å². The third-order valence-corrected chi connectivity index (χ3v) is 5.82. The number of carbonyl (C=O) groups excluding carboxylic acids is 2. The Morgan fingerprint density at radius 3 is 2.58 bits per heavy atom. The van der Waals surface area contributed by atoms with E-state index in [4.69, 9.17) is 0 Å². The summed E-state index contributed by atoms with van der Waals surface area (Å²) in [5.41, 5.74) is 0.800. The smallest absolute Gasteiger partial charge is 0.197 e. The van der Waals surface area contributed by atoms with E-state index in [1.165, 1.54) is 12.4 Å². The first kappa shape index (κ1) is 20.5. The number of aromatic hydroxyl groups is 2. The minimum Gasteiger partial charge on any atom is -0.505 e. The predicted molar refractivity (Wildman–Crippen MR) is 127 cm³/mol. The zero-order valence-corrected chi connectivity index (χ0v) is 17.7. The van der Waals surface area contributed by atoms with Crippen LogP contribution in [0.3, 0.4) is 0 Å². The van der Waals surface area contributed by atoms with E-state index in [0.717, 1.165) is 16.3 Å². The molecule has 1 aromatic heterocycles. The number of nitrogens with zero attached hydrogens (tertiary/aromatic N) is 2. The summed E-state index contributed by atoms with van der Waals surface area (Å²) in [6, 6.07) is 14.0. The normalized spacial score (nSPS) is 16.2. The number of phenols is 2. The highest BCUT2D eigenvalue weighted by Crippen LogP contribution is 2.41. The lowest BCUT2D eigenvalue weighted by molar-refractivity contribution is 0.0973. The Morgan fingerprint density at radius 2 is 1.76 bits per heavy atom. The number of allylic oxidation sites excluding steroid dienone is 5. The molecule has 0 amide bonds. The molecule has 0 saturated carbocycles. The minimum absolute atomic E-state index is 0.0333. The molecule has 0 unspecified atom stereocenters. The van der Waals surface area contributed by atoms with E-state index >= 15 is 0 Å². The van der Waals surface area contributed by atoms with Crippen LogP contribution >= 0.6 is 0 Å². The van der Waals surface area contributed by atoms with Crippen LogP contribution in [0.1, 0.15) is 32.7 Å². The van der Waals surface area contributed by atoms with Crippen molar-refractivity contribution in [2.45, 2.75) is 13.0 Å². The zero-order chi connectivity index (χ0) is 23.1. The Kier molecular flexibility index (Phi) is 4.90. The molecule has 0 radical (unpaired) electrons. The van der Waals surface area contributed by atoms with Gasteiger partial charge >= 0.3 is 0 Å². The molecule has 6 heteroatoms. The third-order valence-electron chi connectivity index (χ3n) is 5.82. The van der Waals surface area contributed by atoms with E-state index in [2.05, 4.69) is 11.6 Å². The van der Waals surface area contributed by atoms with Crippen LogP contribution < -0.4 is 0 Å². The maximum absolute atomic E-state index is 13.0. The second kappa shape index (κ2) is 7.91. The number of aromatic nitrogens is 2. The zero-order valence-electron chi connectivity index (χ0n) is 17.7. The van der Waals surface area contributed by atoms with Crippen LogP contribution in [0.5, 0.6) is 11.5 Å². The third kappa shape index (κ3) is 3.42. The average molecular weight is 436 g/mol. The topological polar surface area (TPSA) is 92.4 Å². The van der Waals surface area contributed by atoms with Gasteiger partial charge in [0.15, 0.2) is 23.1 Å². The van der Waals surface area contributed by atoms with Crippen molar-refractivity contribution < 1.29 is 19.8 Å². The summed E-state index contributed by atoms with van der Waals surface area (Å²) in [7, 11) is 0. The Bertz CT molecular complexity index is 1540. The van der Waals surface area contributed by atoms with Crippen molar-refractivity contribution in [2.75, 3.05) is 0 Å². The minimum atomic E-state index is -0.635. The van der Waals surface area contributed by atoms with Gasteiger partial charge in [-0.3, -0.25) is 9.59 Å². The van der Waals surface area contributed by atoms with Gasteiger partial charge in [0.25, 0.3) is 0 Å². The number of benzene rings is 3. The molecule has 1 aliphatic rings. The number of fused-ring (bicyclic) bond motifs is 3. The number of hydrogen-bond acceptors (Lipinski definition) is 5. The van der Waals surface area contributed by atoms with Crippen LogP contribution in [0.2, 0.25) is 0 Å². The lowest BCUT2D eigenvalue weighted by atomic mass is 9.91. The second-order valence-corrected chi connectivity index (χ2v) is 7.97. The number of rotatable bonds is 2. The van der Waals surface area contributed by atoms with Crippen LogP contribution in [0.25, 0.3) is 21.8 Å². The van der Waals surface area contributed by atoms with Crippen molar-refractivity contribution in [3.05, 3.63) is 102 Å². The molecular formula is C27H20N2O4. The monoisotopic (exact) mass is 436 g/mol. The first-order chi connectivity index (χ1) is 16.0. The molecule has 0 spiro atoms. The first-order valence-corrected chi connectivity index (χ1v) is 10.5. The van der Waals surface area contributed by atoms with Gasteiger partial charge in [-0.05, 0) is 22.4 Å². The van der Waals surface area contributed by atoms with E-state index in [-0.39, 0.29) is 39.9 Å². The molecule has 162 valence electrons. The Hall–Kier alpha value is -4.45. The highest BCUT2D eigenvalue weighted by Gasteiger charge is 2.30. The van der Waals surface area contributed by atoms with Crippen LogP contribution in [-0.4, -0.2) is 31.3 Å². The van der Waals surface area contributed by atoms with Gasteiger partial charge in [0.2, 0.25) is 0 Å². The summed E-state index contributed by atoms with van der Waals surface area (Å²) in [6.07, 6.45) is 7.81. The highest BCUT2D eigenvalue weighted by molar-refractivity contribution is 6.22. The fourth-order valence-electron chi connectivity index (χ4n) is 4.19. The van der Waals surface area contributed by atoms with Crippen LogP contribution in [0, 0.1) is 0 Å². The second-order valence-electron chi connectivity index (χ2n) is 7.97. The molecule has 0 saturated heterocycles. The van der Waals surface area contributed by atoms with Gasteiger partial charge in [-0.25, -0.2) is 4.98 Å². The fourth-order valence-corrected chi connectivity index (χ4v) is 4.19. The quantitative estimate of drug-likeness (QED) is 0.337. The van der Waals surface area contributed by atoms with Crippen LogP contribution in [0.15, 0.2) is 85.2 Å². The maximum Gasteiger partial charge on any atom is 0.197 e. The van der Waals surface area contributed by atoms with Crippen molar-refractivity contribution >= 4 is 33.4 Å². The summed E-state index contributed by atoms with van der Waals surface area (Å²) >= 11 is 0. The van der Waals surface area contributed by atoms with Gasteiger partial charge in [0, 0.05) is 18.5 Å². The molecule has 6 nitrogen and oxygen atoms in total. The summed E-state index contributed by atoms with van der Waals surface area (Å²) in [5, 5.41) is 24.3. The lowest BCUT2D eigenvalue weighted by Crippen LogP contribution is -2.12. The maximum atomic E-state index is 13.0. The van der Waals surface area contributed by atoms with E-state index < -0.39 is 17.3 Å². The van der Waals surface area contributed by atoms with Crippen LogP contribution in [-0.2, 0) is 6.54 Å². The number of Topliss-reactive ketones (excluding diaryl/α,β-unsaturated/α-hetero) is 2. The summed E-state index contributed by atoms with van der Waals surface area (Å²) < 4.78 is 1.66. The van der Waals surface area contributed by atoms with Crippen molar-refractivity contribution in [2.24, 2.45) is 0 Å². The van der Waals surface area contributed by atoms with Gasteiger partial charge in [-0.2, -0.15) is 0 Å². The van der Waals surface area contributed by atoms with Crippen LogP contribution in [0.4, 0.5) is 0 Å². The molecule has 4 aromatic rings. The fraction of sp³-hybridized carbons (Fsp3) is 0.0741. The number of hydrogen-bond donors (Lipinski definition) is 2. The molecule has 33 heavy (non-hydrogen) atoms. The molecule has 1 aliphatic carbocycles. The van der Waals surface area contributed by atoms with Crippen molar-refractivity contribution in [1.82, 2.24) is 9.55 Å². The van der Waals surface area contributed by atoms with E-state index in [1.54, 1.807) is 22.8 Å². The molecule has 0 atom stereocenters. The molecule has 0 aliphatic heterocycles. The lowest BCUT2D eigenvalue weighted by Gasteiger charge is -2.15.